The average molecular weight is 231 g/mol. The Bertz CT molecular complexity index is 534. The minimum atomic E-state index is -0.399. The third-order valence-electron chi connectivity index (χ3n) is 2.45. The van der Waals surface area contributed by atoms with Crippen LogP contribution in [0, 0.1) is 0 Å². The first kappa shape index (κ1) is 11.3. The number of ether oxygens (including phenoxy) is 1. The number of nitrogens with zero attached hydrogens (tertiary/aromatic N) is 3. The van der Waals surface area contributed by atoms with E-state index in [4.69, 9.17) is 4.74 Å². The number of rotatable bonds is 3. The molecule has 5 heteroatoms. The SMILES string of the molecule is CCc1nccn1-c1ncccc1C(=O)OC. The number of aromatic nitrogens is 3. The highest BCUT2D eigenvalue weighted by Crippen LogP contribution is 2.14. The molecule has 0 aliphatic carbocycles. The number of aryl methyl sites for hydroxylation is 1. The Balaban J connectivity index is 2.56. The van der Waals surface area contributed by atoms with Gasteiger partial charge in [-0.25, -0.2) is 14.8 Å². The molecule has 0 bridgehead atoms. The van der Waals surface area contributed by atoms with Crippen LogP contribution in [0.2, 0.25) is 0 Å². The molecular weight excluding hydrogens is 218 g/mol. The first-order valence-electron chi connectivity index (χ1n) is 5.33. The maximum Gasteiger partial charge on any atom is 0.341 e. The van der Waals surface area contributed by atoms with Crippen molar-refractivity contribution in [3.63, 3.8) is 0 Å². The molecule has 2 rings (SSSR count). The zero-order valence-electron chi connectivity index (χ0n) is 9.75. The second kappa shape index (κ2) is 4.78. The highest BCUT2D eigenvalue weighted by molar-refractivity contribution is 5.92. The van der Waals surface area contributed by atoms with Crippen molar-refractivity contribution < 1.29 is 9.53 Å². The van der Waals surface area contributed by atoms with Crippen LogP contribution in [-0.2, 0) is 11.2 Å². The Labute approximate surface area is 99.1 Å². The highest BCUT2D eigenvalue weighted by Gasteiger charge is 2.15. The van der Waals surface area contributed by atoms with Crippen LogP contribution in [0.15, 0.2) is 30.7 Å². The Morgan fingerprint density at radius 2 is 2.24 bits per heavy atom. The van der Waals surface area contributed by atoms with Crippen LogP contribution in [-0.4, -0.2) is 27.6 Å². The van der Waals surface area contributed by atoms with Crippen molar-refractivity contribution in [2.75, 3.05) is 7.11 Å². The van der Waals surface area contributed by atoms with E-state index < -0.39 is 5.97 Å². The topological polar surface area (TPSA) is 57.0 Å². The number of imidazole rings is 1. The predicted molar refractivity (Wildman–Crippen MR) is 62.1 cm³/mol. The fourth-order valence-corrected chi connectivity index (χ4v) is 1.65. The minimum Gasteiger partial charge on any atom is -0.465 e. The summed E-state index contributed by atoms with van der Waals surface area (Å²) in [6.45, 7) is 2.00. The Hall–Kier alpha value is -2.17. The van der Waals surface area contributed by atoms with Gasteiger partial charge in [0.05, 0.1) is 7.11 Å². The molecule has 0 fully saturated rings. The van der Waals surface area contributed by atoms with Crippen LogP contribution in [0.1, 0.15) is 23.1 Å². The van der Waals surface area contributed by atoms with Gasteiger partial charge in [0.2, 0.25) is 0 Å². The molecule has 0 N–H and O–H groups in total. The van der Waals surface area contributed by atoms with Crippen LogP contribution in [0.4, 0.5) is 0 Å². The zero-order valence-corrected chi connectivity index (χ0v) is 9.75. The number of pyridine rings is 1. The van der Waals surface area contributed by atoms with Gasteiger partial charge in [-0.3, -0.25) is 4.57 Å². The third-order valence-corrected chi connectivity index (χ3v) is 2.45. The minimum absolute atomic E-state index is 0.399. The Morgan fingerprint density at radius 1 is 1.41 bits per heavy atom. The van der Waals surface area contributed by atoms with Gasteiger partial charge in [-0.05, 0) is 12.1 Å². The molecule has 0 aliphatic rings. The lowest BCUT2D eigenvalue weighted by molar-refractivity contribution is 0.0600. The van der Waals surface area contributed by atoms with E-state index >= 15 is 0 Å². The van der Waals surface area contributed by atoms with Gasteiger partial charge in [-0.2, -0.15) is 0 Å². The maximum atomic E-state index is 11.6. The van der Waals surface area contributed by atoms with Crippen molar-refractivity contribution in [3.05, 3.63) is 42.1 Å². The van der Waals surface area contributed by atoms with Gasteiger partial charge in [-0.1, -0.05) is 6.92 Å². The first-order chi connectivity index (χ1) is 8.27. The van der Waals surface area contributed by atoms with Crippen LogP contribution < -0.4 is 0 Å². The normalized spacial score (nSPS) is 10.2. The van der Waals surface area contributed by atoms with Gasteiger partial charge >= 0.3 is 5.97 Å². The number of carbonyl (C=O) groups excluding carboxylic acids is 1. The number of carbonyl (C=O) groups is 1. The van der Waals surface area contributed by atoms with Crippen LogP contribution in [0.25, 0.3) is 5.82 Å². The molecule has 0 atom stereocenters. The second-order valence-electron chi connectivity index (χ2n) is 3.43. The smallest absolute Gasteiger partial charge is 0.341 e. The molecular formula is C12H13N3O2. The fourth-order valence-electron chi connectivity index (χ4n) is 1.65. The molecule has 0 spiro atoms. The van der Waals surface area contributed by atoms with Crippen molar-refractivity contribution in [2.45, 2.75) is 13.3 Å². The van der Waals surface area contributed by atoms with E-state index in [1.807, 2.05) is 6.92 Å². The lowest BCUT2D eigenvalue weighted by atomic mass is 10.2. The van der Waals surface area contributed by atoms with Crippen LogP contribution in [0.3, 0.4) is 0 Å². The lowest BCUT2D eigenvalue weighted by Crippen LogP contribution is -2.10. The molecule has 0 saturated carbocycles. The molecule has 88 valence electrons. The van der Waals surface area contributed by atoms with E-state index in [-0.39, 0.29) is 0 Å². The fraction of sp³-hybridized carbons (Fsp3) is 0.250. The number of esters is 1. The molecule has 17 heavy (non-hydrogen) atoms. The largest absolute Gasteiger partial charge is 0.465 e. The molecule has 0 aliphatic heterocycles. The van der Waals surface area contributed by atoms with E-state index in [0.717, 1.165) is 12.2 Å². The summed E-state index contributed by atoms with van der Waals surface area (Å²) in [4.78, 5) is 20.1. The molecule has 2 aromatic rings. The first-order valence-corrected chi connectivity index (χ1v) is 5.33. The molecule has 0 amide bonds. The molecule has 0 saturated heterocycles. The Morgan fingerprint density at radius 3 is 2.94 bits per heavy atom. The molecule has 2 aromatic heterocycles. The average Bonchev–Trinajstić information content (AvgIpc) is 2.86. The standard InChI is InChI=1S/C12H13N3O2/c1-3-10-13-7-8-15(10)11-9(12(16)17-2)5-4-6-14-11/h4-8H,3H2,1-2H3. The van der Waals surface area contributed by atoms with Gasteiger partial charge < -0.3 is 4.74 Å². The molecule has 0 radical (unpaired) electrons. The zero-order chi connectivity index (χ0) is 12.3. The molecule has 2 heterocycles. The van der Waals surface area contributed by atoms with Gasteiger partial charge in [0.1, 0.15) is 11.4 Å². The predicted octanol–water partition coefficient (Wildman–Crippen LogP) is 1.62. The van der Waals surface area contributed by atoms with E-state index in [9.17, 15) is 4.79 Å². The summed E-state index contributed by atoms with van der Waals surface area (Å²) < 4.78 is 6.53. The summed E-state index contributed by atoms with van der Waals surface area (Å²) >= 11 is 0. The number of hydrogen-bond donors (Lipinski definition) is 0. The quantitative estimate of drug-likeness (QED) is 0.753. The summed E-state index contributed by atoms with van der Waals surface area (Å²) in [6.07, 6.45) is 5.88. The molecule has 0 aromatic carbocycles. The van der Waals surface area contributed by atoms with E-state index in [1.54, 1.807) is 35.3 Å². The summed E-state index contributed by atoms with van der Waals surface area (Å²) in [5, 5.41) is 0. The van der Waals surface area contributed by atoms with Gasteiger partial charge in [-0.15, -0.1) is 0 Å². The van der Waals surface area contributed by atoms with Crippen molar-refractivity contribution in [2.24, 2.45) is 0 Å². The van der Waals surface area contributed by atoms with Crippen molar-refractivity contribution in [1.29, 1.82) is 0 Å². The van der Waals surface area contributed by atoms with Crippen molar-refractivity contribution in [3.8, 4) is 5.82 Å². The number of hydrogen-bond acceptors (Lipinski definition) is 4. The molecule has 5 nitrogen and oxygen atoms in total. The van der Waals surface area contributed by atoms with E-state index in [1.165, 1.54) is 7.11 Å². The second-order valence-corrected chi connectivity index (χ2v) is 3.43. The van der Waals surface area contributed by atoms with Gasteiger partial charge in [0, 0.05) is 25.0 Å². The Kier molecular flexibility index (Phi) is 3.18. The maximum absolute atomic E-state index is 11.6. The monoisotopic (exact) mass is 231 g/mol. The van der Waals surface area contributed by atoms with Crippen LogP contribution >= 0.6 is 0 Å². The highest BCUT2D eigenvalue weighted by atomic mass is 16.5. The van der Waals surface area contributed by atoms with Gasteiger partial charge in [0.25, 0.3) is 0 Å². The van der Waals surface area contributed by atoms with Crippen molar-refractivity contribution in [1.82, 2.24) is 14.5 Å². The summed E-state index contributed by atoms with van der Waals surface area (Å²) in [5.74, 6) is 1.01. The summed E-state index contributed by atoms with van der Waals surface area (Å²) in [6, 6.07) is 3.39. The van der Waals surface area contributed by atoms with Gasteiger partial charge in [0.15, 0.2) is 5.82 Å². The van der Waals surface area contributed by atoms with Crippen LogP contribution in [0.5, 0.6) is 0 Å². The lowest BCUT2D eigenvalue weighted by Gasteiger charge is -2.09. The van der Waals surface area contributed by atoms with E-state index in [2.05, 4.69) is 9.97 Å². The van der Waals surface area contributed by atoms with E-state index in [0.29, 0.717) is 11.4 Å². The third kappa shape index (κ3) is 2.04. The number of methoxy groups -OCH3 is 1. The summed E-state index contributed by atoms with van der Waals surface area (Å²) in [7, 11) is 1.35. The van der Waals surface area contributed by atoms with Crippen molar-refractivity contribution >= 4 is 5.97 Å². The summed E-state index contributed by atoms with van der Waals surface area (Å²) in [5.41, 5.74) is 0.433. The molecule has 0 unspecified atom stereocenters.